The Bertz CT molecular complexity index is 374. The second kappa shape index (κ2) is 3.34. The summed E-state index contributed by atoms with van der Waals surface area (Å²) >= 11 is 0. The highest BCUT2D eigenvalue weighted by Gasteiger charge is 2.22. The summed E-state index contributed by atoms with van der Waals surface area (Å²) in [4.78, 5) is 14.2. The van der Waals surface area contributed by atoms with Crippen LogP contribution in [0.1, 0.15) is 23.7 Å². The lowest BCUT2D eigenvalue weighted by Gasteiger charge is -2.27. The Hall–Kier alpha value is -1.49. The topological polar surface area (TPSA) is 68.1 Å². The van der Waals surface area contributed by atoms with Gasteiger partial charge < -0.3 is 5.32 Å². The molecule has 1 aliphatic heterocycles. The van der Waals surface area contributed by atoms with Crippen molar-refractivity contribution < 1.29 is 4.92 Å². The molecule has 0 aromatic carbocycles. The fourth-order valence-corrected chi connectivity index (χ4v) is 1.56. The lowest BCUT2D eigenvalue weighted by Crippen LogP contribution is -2.36. The average Bonchev–Trinajstić information content (AvgIpc) is 2.04. The molecule has 0 radical (unpaired) electrons. The van der Waals surface area contributed by atoms with Crippen molar-refractivity contribution in [2.75, 3.05) is 6.54 Å². The van der Waals surface area contributed by atoms with Crippen LogP contribution in [0.2, 0.25) is 0 Å². The fraction of sp³-hybridized carbons (Fsp3) is 0.444. The summed E-state index contributed by atoms with van der Waals surface area (Å²) in [6.07, 6.45) is 2.38. The molecule has 1 aliphatic rings. The average molecular weight is 193 g/mol. The molecule has 0 aliphatic carbocycles. The Morgan fingerprint density at radius 2 is 2.43 bits per heavy atom. The lowest BCUT2D eigenvalue weighted by atomic mass is 9.99. The van der Waals surface area contributed by atoms with Crippen LogP contribution in [-0.2, 0) is 0 Å². The Labute approximate surface area is 81.3 Å². The van der Waals surface area contributed by atoms with E-state index in [9.17, 15) is 10.1 Å². The van der Waals surface area contributed by atoms with Crippen molar-refractivity contribution in [3.8, 4) is 0 Å². The molecule has 14 heavy (non-hydrogen) atoms. The number of nitrogens with one attached hydrogen (secondary N) is 1. The van der Waals surface area contributed by atoms with Crippen LogP contribution in [0.5, 0.6) is 0 Å². The van der Waals surface area contributed by atoms with Gasteiger partial charge in [0, 0.05) is 6.07 Å². The molecule has 1 saturated heterocycles. The number of hydrogen-bond donors (Lipinski definition) is 1. The molecule has 5 nitrogen and oxygen atoms in total. The van der Waals surface area contributed by atoms with E-state index in [1.807, 2.05) is 6.92 Å². The van der Waals surface area contributed by atoms with Crippen molar-refractivity contribution in [1.82, 2.24) is 10.3 Å². The predicted octanol–water partition coefficient (Wildman–Crippen LogP) is 1.33. The molecule has 0 amide bonds. The van der Waals surface area contributed by atoms with Gasteiger partial charge in [0.1, 0.15) is 6.20 Å². The number of aromatic nitrogens is 1. The van der Waals surface area contributed by atoms with Crippen LogP contribution < -0.4 is 5.32 Å². The molecule has 1 unspecified atom stereocenters. The zero-order valence-electron chi connectivity index (χ0n) is 7.86. The van der Waals surface area contributed by atoms with E-state index in [0.29, 0.717) is 0 Å². The predicted molar refractivity (Wildman–Crippen MR) is 51.0 cm³/mol. The maximum Gasteiger partial charge on any atom is 0.287 e. The van der Waals surface area contributed by atoms with Crippen molar-refractivity contribution in [1.29, 1.82) is 0 Å². The SMILES string of the molecule is Cc1cc([N+](=O)[O-])cnc1C1CCN1. The zero-order valence-corrected chi connectivity index (χ0v) is 7.86. The largest absolute Gasteiger partial charge is 0.309 e. The van der Waals surface area contributed by atoms with E-state index in [1.54, 1.807) is 6.07 Å². The van der Waals surface area contributed by atoms with Crippen LogP contribution in [0.4, 0.5) is 5.69 Å². The van der Waals surface area contributed by atoms with E-state index in [2.05, 4.69) is 10.3 Å². The van der Waals surface area contributed by atoms with Gasteiger partial charge in [-0.1, -0.05) is 0 Å². The molecule has 2 heterocycles. The molecule has 1 fully saturated rings. The molecule has 2 rings (SSSR count). The molecular formula is C9H11N3O2. The molecular weight excluding hydrogens is 182 g/mol. The molecule has 74 valence electrons. The molecule has 1 N–H and O–H groups in total. The third-order valence-electron chi connectivity index (χ3n) is 2.47. The second-order valence-electron chi connectivity index (χ2n) is 3.45. The number of rotatable bonds is 2. The van der Waals surface area contributed by atoms with Crippen LogP contribution in [0.3, 0.4) is 0 Å². The first-order chi connectivity index (χ1) is 6.68. The first-order valence-corrected chi connectivity index (χ1v) is 4.53. The van der Waals surface area contributed by atoms with Crippen LogP contribution in [-0.4, -0.2) is 16.5 Å². The minimum absolute atomic E-state index is 0.0607. The van der Waals surface area contributed by atoms with Crippen LogP contribution in [0, 0.1) is 17.0 Å². The molecule has 1 aromatic heterocycles. The van der Waals surface area contributed by atoms with E-state index in [1.165, 1.54) is 6.20 Å². The molecule has 0 bridgehead atoms. The highest BCUT2D eigenvalue weighted by Crippen LogP contribution is 2.25. The standard InChI is InChI=1S/C9H11N3O2/c1-6-4-7(12(13)14)5-11-9(6)8-2-3-10-8/h4-5,8,10H,2-3H2,1H3. The van der Waals surface area contributed by atoms with E-state index >= 15 is 0 Å². The van der Waals surface area contributed by atoms with Gasteiger partial charge in [0.15, 0.2) is 0 Å². The summed E-state index contributed by atoms with van der Waals surface area (Å²) in [5.74, 6) is 0. The highest BCUT2D eigenvalue weighted by molar-refractivity contribution is 5.35. The van der Waals surface area contributed by atoms with Gasteiger partial charge in [-0.25, -0.2) is 0 Å². The molecule has 1 atom stereocenters. The maximum atomic E-state index is 10.5. The van der Waals surface area contributed by atoms with Crippen LogP contribution in [0.25, 0.3) is 0 Å². The van der Waals surface area contributed by atoms with Crippen LogP contribution in [0.15, 0.2) is 12.3 Å². The number of pyridine rings is 1. The van der Waals surface area contributed by atoms with Crippen LogP contribution >= 0.6 is 0 Å². The van der Waals surface area contributed by atoms with Crippen molar-refractivity contribution in [3.63, 3.8) is 0 Å². The maximum absolute atomic E-state index is 10.5. The minimum atomic E-state index is -0.419. The van der Waals surface area contributed by atoms with Crippen molar-refractivity contribution in [2.45, 2.75) is 19.4 Å². The Morgan fingerprint density at radius 1 is 1.71 bits per heavy atom. The van der Waals surface area contributed by atoms with Gasteiger partial charge in [-0.15, -0.1) is 0 Å². The van der Waals surface area contributed by atoms with E-state index in [4.69, 9.17) is 0 Å². The van der Waals surface area contributed by atoms with Gasteiger partial charge in [-0.2, -0.15) is 0 Å². The number of aryl methyl sites for hydroxylation is 1. The van der Waals surface area contributed by atoms with Gasteiger partial charge in [0.05, 0.1) is 16.7 Å². The van der Waals surface area contributed by atoms with Gasteiger partial charge >= 0.3 is 0 Å². The number of nitrogens with zero attached hydrogens (tertiary/aromatic N) is 2. The van der Waals surface area contributed by atoms with Crippen molar-refractivity contribution in [3.05, 3.63) is 33.6 Å². The molecule has 1 aromatic rings. The third kappa shape index (κ3) is 1.46. The number of nitro groups is 1. The van der Waals surface area contributed by atoms with E-state index < -0.39 is 4.92 Å². The normalized spacial score (nSPS) is 20.2. The van der Waals surface area contributed by atoms with E-state index in [0.717, 1.165) is 24.2 Å². The quantitative estimate of drug-likeness (QED) is 0.568. The van der Waals surface area contributed by atoms with Gasteiger partial charge in [0.2, 0.25) is 0 Å². The number of hydrogen-bond acceptors (Lipinski definition) is 4. The van der Waals surface area contributed by atoms with Gasteiger partial charge in [0.25, 0.3) is 5.69 Å². The third-order valence-corrected chi connectivity index (χ3v) is 2.47. The van der Waals surface area contributed by atoms with Gasteiger partial charge in [-0.3, -0.25) is 15.1 Å². The first-order valence-electron chi connectivity index (χ1n) is 4.53. The Balaban J connectivity index is 2.30. The smallest absolute Gasteiger partial charge is 0.287 e. The van der Waals surface area contributed by atoms with Gasteiger partial charge in [-0.05, 0) is 25.5 Å². The second-order valence-corrected chi connectivity index (χ2v) is 3.45. The summed E-state index contributed by atoms with van der Waals surface area (Å²) in [7, 11) is 0. The molecule has 5 heteroatoms. The molecule has 0 spiro atoms. The summed E-state index contributed by atoms with van der Waals surface area (Å²) in [6.45, 7) is 2.86. The summed E-state index contributed by atoms with van der Waals surface area (Å²) in [5, 5.41) is 13.7. The van der Waals surface area contributed by atoms with Crippen molar-refractivity contribution >= 4 is 5.69 Å². The summed E-state index contributed by atoms with van der Waals surface area (Å²) in [5.41, 5.74) is 1.88. The monoisotopic (exact) mass is 193 g/mol. The highest BCUT2D eigenvalue weighted by atomic mass is 16.6. The lowest BCUT2D eigenvalue weighted by molar-refractivity contribution is -0.385. The zero-order chi connectivity index (χ0) is 10.1. The van der Waals surface area contributed by atoms with Crippen molar-refractivity contribution in [2.24, 2.45) is 0 Å². The summed E-state index contributed by atoms with van der Waals surface area (Å²) in [6, 6.07) is 1.86. The summed E-state index contributed by atoms with van der Waals surface area (Å²) < 4.78 is 0. The first kappa shape index (κ1) is 9.08. The molecule has 0 saturated carbocycles. The Kier molecular flexibility index (Phi) is 2.17. The van der Waals surface area contributed by atoms with E-state index in [-0.39, 0.29) is 11.7 Å². The fourth-order valence-electron chi connectivity index (χ4n) is 1.56. The Morgan fingerprint density at radius 3 is 2.86 bits per heavy atom. The minimum Gasteiger partial charge on any atom is -0.309 e.